The Kier molecular flexibility index (Phi) is 17.7. The fourth-order valence-electron chi connectivity index (χ4n) is 10.2. The number of aliphatic carboxylic acids is 4. The summed E-state index contributed by atoms with van der Waals surface area (Å²) in [5, 5.41) is 46.4. The highest BCUT2D eigenvalue weighted by Gasteiger charge is 2.40. The van der Waals surface area contributed by atoms with Crippen LogP contribution in [0.3, 0.4) is 0 Å². The molecular weight excluding hydrogens is 1080 g/mol. The summed E-state index contributed by atoms with van der Waals surface area (Å²) in [5.74, 6) is -12.0. The number of esters is 4. The number of carbonyl (C=O) groups is 8. The van der Waals surface area contributed by atoms with Crippen molar-refractivity contribution in [3.63, 3.8) is 0 Å². The predicted molar refractivity (Wildman–Crippen MR) is 297 cm³/mol. The van der Waals surface area contributed by atoms with Crippen molar-refractivity contribution in [2.45, 2.75) is 64.2 Å². The molecule has 0 radical (unpaired) electrons. The number of carbonyl (C=O) groups excluding carboxylic acids is 6. The number of hydrogen-bond acceptors (Lipinski definition) is 14. The number of ether oxygens (including phenoxy) is 4. The van der Waals surface area contributed by atoms with Crippen LogP contribution in [-0.2, 0) is 64.1 Å². The second-order valence-corrected chi connectivity index (χ2v) is 19.4. The minimum Gasteiger partial charge on any atom is -0.546 e. The van der Waals surface area contributed by atoms with Gasteiger partial charge >= 0.3 is 35.8 Å². The molecule has 4 heterocycles. The first kappa shape index (κ1) is 57.8. The monoisotopic (exact) mass is 1130 g/mol. The Morgan fingerprint density at radius 2 is 0.667 bits per heavy atom. The van der Waals surface area contributed by atoms with Crippen LogP contribution in [-0.4, -0.2) is 82.4 Å². The second-order valence-electron chi connectivity index (χ2n) is 19.4. The first-order chi connectivity index (χ1) is 40.5. The minimum atomic E-state index is -2.33. The van der Waals surface area contributed by atoms with Gasteiger partial charge in [0.2, 0.25) is 23.6 Å². The van der Waals surface area contributed by atoms with E-state index in [9.17, 15) is 58.8 Å². The summed E-state index contributed by atoms with van der Waals surface area (Å²) in [7, 11) is 0. The van der Waals surface area contributed by atoms with Gasteiger partial charge in [-0.05, 0) is 108 Å². The standard InChI is InChI=1S/C30H26N2.2C18H14O8/c1-19-20(2)24-14-18-32-16-12-22-8-4-6-10-26(22)30(32)28(24)27-23(19)13-17-31-15-11-21-7-3-5-9-25(21)29(27)31;2*19-15(20)13(25-17(23)11-7-3-1-4-8-11)14(16(21)22)26-18(24)12-9-5-2-6-10-12/h3-12,15-16H,13-14,17-18H2,1-2H3;2*1-10,13-14H,(H,19,20)(H,21,22)/q+2;;/p-2/t;2*13-,14-/m.00/s1. The van der Waals surface area contributed by atoms with E-state index in [1.807, 2.05) is 0 Å². The van der Waals surface area contributed by atoms with Gasteiger partial charge in [-0.1, -0.05) is 109 Å². The Hall–Kier alpha value is -10.9. The molecular formula is C66H52N2O16. The number of carboxylic acid groups (broad SMARTS) is 4. The molecule has 0 amide bonds. The van der Waals surface area contributed by atoms with Crippen molar-refractivity contribution in [1.82, 2.24) is 0 Å². The highest BCUT2D eigenvalue weighted by atomic mass is 16.6. The number of aryl methyl sites for hydroxylation is 2. The van der Waals surface area contributed by atoms with Gasteiger partial charge in [-0.25, -0.2) is 28.8 Å². The van der Waals surface area contributed by atoms with Crippen molar-refractivity contribution in [3.05, 3.63) is 239 Å². The summed E-state index contributed by atoms with van der Waals surface area (Å²) >= 11 is 0. The summed E-state index contributed by atoms with van der Waals surface area (Å²) in [6.07, 6.45) is -2.43. The lowest BCUT2D eigenvalue weighted by Gasteiger charge is -2.27. The van der Waals surface area contributed by atoms with Crippen LogP contribution in [0.5, 0.6) is 0 Å². The minimum absolute atomic E-state index is 0.00252. The molecule has 9 aromatic rings. The number of hydrogen-bond donors (Lipinski definition) is 2. The molecule has 0 saturated carbocycles. The van der Waals surface area contributed by atoms with Crippen LogP contribution in [0.4, 0.5) is 0 Å². The van der Waals surface area contributed by atoms with Gasteiger partial charge in [0, 0.05) is 25.0 Å². The summed E-state index contributed by atoms with van der Waals surface area (Å²) in [5.41, 5.74) is 11.8. The van der Waals surface area contributed by atoms with E-state index in [1.165, 1.54) is 152 Å². The Morgan fingerprint density at radius 3 is 0.952 bits per heavy atom. The summed E-state index contributed by atoms with van der Waals surface area (Å²) in [6, 6.07) is 51.7. The largest absolute Gasteiger partial charge is 0.546 e. The zero-order valence-corrected chi connectivity index (χ0v) is 45.1. The third-order valence-corrected chi connectivity index (χ3v) is 14.4. The van der Waals surface area contributed by atoms with Gasteiger partial charge in [-0.3, -0.25) is 0 Å². The van der Waals surface area contributed by atoms with Crippen molar-refractivity contribution >= 4 is 69.3 Å². The number of aromatic nitrogens is 2. The van der Waals surface area contributed by atoms with Crippen molar-refractivity contribution in [2.24, 2.45) is 0 Å². The van der Waals surface area contributed by atoms with E-state index in [0.717, 1.165) is 25.9 Å². The van der Waals surface area contributed by atoms with Crippen LogP contribution >= 0.6 is 0 Å². The van der Waals surface area contributed by atoms with Gasteiger partial charge < -0.3 is 49.0 Å². The molecule has 2 aliphatic heterocycles. The number of benzene rings is 7. The maximum Gasteiger partial charge on any atom is 0.349 e. The molecule has 0 aliphatic carbocycles. The van der Waals surface area contributed by atoms with Crippen LogP contribution in [0.2, 0.25) is 0 Å². The fourth-order valence-corrected chi connectivity index (χ4v) is 10.2. The van der Waals surface area contributed by atoms with Gasteiger partial charge in [-0.2, -0.15) is 9.13 Å². The molecule has 422 valence electrons. The maximum atomic E-state index is 12.0. The predicted octanol–water partition coefficient (Wildman–Crippen LogP) is 6.18. The number of nitrogens with zero attached hydrogens (tertiary/aromatic N) is 2. The van der Waals surface area contributed by atoms with Crippen molar-refractivity contribution in [3.8, 4) is 22.5 Å². The Balaban J connectivity index is 0.000000153. The van der Waals surface area contributed by atoms with E-state index >= 15 is 0 Å². The molecule has 2 N–H and O–H groups in total. The number of pyridine rings is 2. The topological polar surface area (TPSA) is 268 Å². The van der Waals surface area contributed by atoms with Crippen LogP contribution in [0, 0.1) is 13.8 Å². The molecule has 84 heavy (non-hydrogen) atoms. The number of carboxylic acids is 4. The van der Waals surface area contributed by atoms with E-state index in [2.05, 4.69) is 96.0 Å². The molecule has 0 saturated heterocycles. The Bertz CT molecular complexity index is 3610. The van der Waals surface area contributed by atoms with Crippen LogP contribution < -0.4 is 19.3 Å². The molecule has 18 nitrogen and oxygen atoms in total. The summed E-state index contributed by atoms with van der Waals surface area (Å²) in [4.78, 5) is 93.3. The first-order valence-electron chi connectivity index (χ1n) is 26.4. The second kappa shape index (κ2) is 25.7. The van der Waals surface area contributed by atoms with E-state index < -0.39 is 72.2 Å². The van der Waals surface area contributed by atoms with Crippen molar-refractivity contribution in [1.29, 1.82) is 0 Å². The zero-order chi connectivity index (χ0) is 59.6. The van der Waals surface area contributed by atoms with E-state index in [4.69, 9.17) is 18.9 Å². The lowest BCUT2D eigenvalue weighted by molar-refractivity contribution is -0.688. The molecule has 2 aliphatic rings. The van der Waals surface area contributed by atoms with Crippen molar-refractivity contribution < 1.29 is 86.9 Å². The lowest BCUT2D eigenvalue weighted by atomic mass is 9.78. The zero-order valence-electron chi connectivity index (χ0n) is 45.1. The lowest BCUT2D eigenvalue weighted by Crippen LogP contribution is -2.51. The highest BCUT2D eigenvalue weighted by Crippen LogP contribution is 2.46. The van der Waals surface area contributed by atoms with Crippen molar-refractivity contribution in [2.75, 3.05) is 0 Å². The fraction of sp³-hybridized carbons (Fsp3) is 0.152. The first-order valence-corrected chi connectivity index (χ1v) is 26.4. The quantitative estimate of drug-likeness (QED) is 0.0700. The summed E-state index contributed by atoms with van der Waals surface area (Å²) in [6.45, 7) is 6.78. The average Bonchev–Trinajstić information content (AvgIpc) is 1.82. The maximum absolute atomic E-state index is 12.0. The average molecular weight is 1130 g/mol. The number of rotatable bonds is 14. The molecule has 7 aromatic carbocycles. The highest BCUT2D eigenvalue weighted by molar-refractivity contribution is 6.04. The molecule has 4 atom stereocenters. The van der Waals surface area contributed by atoms with E-state index in [-0.39, 0.29) is 22.3 Å². The van der Waals surface area contributed by atoms with E-state index in [1.54, 1.807) is 35.4 Å². The van der Waals surface area contributed by atoms with Crippen LogP contribution in [0.1, 0.15) is 63.7 Å². The molecule has 0 spiro atoms. The Morgan fingerprint density at radius 1 is 0.393 bits per heavy atom. The molecule has 11 rings (SSSR count). The normalized spacial score (nSPS) is 13.1. The van der Waals surface area contributed by atoms with Gasteiger partial charge in [0.25, 0.3) is 0 Å². The molecule has 0 fully saturated rings. The summed E-state index contributed by atoms with van der Waals surface area (Å²) < 4.78 is 23.8. The smallest absolute Gasteiger partial charge is 0.349 e. The SMILES string of the molecule is Cc1c(C)c2c(c3c1CC[n+]1ccc4ccccc4c1-3)-c1c3ccccc3cc[n+]1CC2.O=C(O[C@H](C(=O)[O-])[C@H](OC(=O)c1ccccc1)C(=O)O)c1ccccc1.O=C(O[C@H](C(=O)[O-])[C@H](OC(=O)c1ccccc1)C(=O)O)c1ccccc1. The van der Waals surface area contributed by atoms with Gasteiger partial charge in [0.05, 0.1) is 56.1 Å². The van der Waals surface area contributed by atoms with Gasteiger partial charge in [0.15, 0.2) is 37.7 Å². The van der Waals surface area contributed by atoms with Crippen LogP contribution in [0.15, 0.2) is 194 Å². The Labute approximate surface area is 479 Å². The van der Waals surface area contributed by atoms with Crippen LogP contribution in [0.25, 0.3) is 44.1 Å². The third kappa shape index (κ3) is 12.5. The molecule has 18 heteroatoms. The van der Waals surface area contributed by atoms with Gasteiger partial charge in [0.1, 0.15) is 0 Å². The molecule has 0 unspecified atom stereocenters. The number of fused-ring (bicyclic) bond motifs is 11. The molecule has 2 aromatic heterocycles. The van der Waals surface area contributed by atoms with Gasteiger partial charge in [-0.15, -0.1) is 0 Å². The third-order valence-electron chi connectivity index (χ3n) is 14.4. The molecule has 0 bridgehead atoms. The van der Waals surface area contributed by atoms with E-state index in [0.29, 0.717) is 0 Å².